The van der Waals surface area contributed by atoms with Gasteiger partial charge in [0.15, 0.2) is 0 Å². The van der Waals surface area contributed by atoms with Crippen molar-refractivity contribution >= 4 is 28.1 Å². The molecule has 1 amide bonds. The van der Waals surface area contributed by atoms with Crippen molar-refractivity contribution in [2.24, 2.45) is 0 Å². The lowest BCUT2D eigenvalue weighted by molar-refractivity contribution is -0.0764. The maximum absolute atomic E-state index is 12.2. The van der Waals surface area contributed by atoms with E-state index in [1.807, 2.05) is 24.6 Å². The summed E-state index contributed by atoms with van der Waals surface area (Å²) in [5, 5.41) is 6.90. The molecular weight excluding hydrogens is 408 g/mol. The number of carbonyl (C=O) groups excluding carboxylic acids is 1. The fourth-order valence-electron chi connectivity index (χ4n) is 4.76. The molecule has 1 spiro atoms. The smallest absolute Gasteiger partial charge is 0.270 e. The third-order valence-corrected chi connectivity index (χ3v) is 7.30. The van der Waals surface area contributed by atoms with Gasteiger partial charge in [0.05, 0.1) is 22.2 Å². The molecule has 2 aromatic heterocycles. The van der Waals surface area contributed by atoms with Crippen molar-refractivity contribution in [2.75, 3.05) is 19.6 Å². The summed E-state index contributed by atoms with van der Waals surface area (Å²) in [7, 11) is 0. The Labute approximate surface area is 186 Å². The maximum Gasteiger partial charge on any atom is 0.270 e. The quantitative estimate of drug-likeness (QED) is 0.656. The summed E-state index contributed by atoms with van der Waals surface area (Å²) in [5.74, 6) is -0.103. The van der Waals surface area contributed by atoms with Crippen LogP contribution in [-0.2, 0) is 11.3 Å². The first-order valence-corrected chi connectivity index (χ1v) is 11.9. The molecule has 1 aromatic carbocycles. The highest BCUT2D eigenvalue weighted by atomic mass is 32.1. The molecule has 3 aromatic rings. The van der Waals surface area contributed by atoms with Gasteiger partial charge in [-0.1, -0.05) is 18.2 Å². The van der Waals surface area contributed by atoms with Crippen LogP contribution in [0.1, 0.15) is 46.7 Å². The van der Waals surface area contributed by atoms with Gasteiger partial charge >= 0.3 is 0 Å². The molecule has 1 atom stereocenters. The van der Waals surface area contributed by atoms with Gasteiger partial charge in [0, 0.05) is 43.1 Å². The predicted octanol–water partition coefficient (Wildman–Crippen LogP) is 3.94. The number of rotatable bonds is 5. The minimum Gasteiger partial charge on any atom is -0.370 e. The molecule has 0 bridgehead atoms. The van der Waals surface area contributed by atoms with E-state index in [0.29, 0.717) is 12.2 Å². The van der Waals surface area contributed by atoms with E-state index in [-0.39, 0.29) is 17.6 Å². The van der Waals surface area contributed by atoms with Gasteiger partial charge in [-0.3, -0.25) is 14.7 Å². The van der Waals surface area contributed by atoms with Gasteiger partial charge in [-0.25, -0.2) is 4.98 Å². The van der Waals surface area contributed by atoms with Crippen LogP contribution in [0, 0.1) is 6.92 Å². The molecule has 31 heavy (non-hydrogen) atoms. The number of likely N-dealkylation sites (tertiary alicyclic amines) is 1. The SMILES string of the molecule is Cc1nc(C(=O)NCC2CCC3(CCN(Cc4ccc5cccnc5c4)CC3)O2)cs1. The van der Waals surface area contributed by atoms with Gasteiger partial charge in [0.1, 0.15) is 5.69 Å². The fourth-order valence-corrected chi connectivity index (χ4v) is 5.35. The number of ether oxygens (including phenoxy) is 1. The van der Waals surface area contributed by atoms with Crippen molar-refractivity contribution in [1.29, 1.82) is 0 Å². The summed E-state index contributed by atoms with van der Waals surface area (Å²) in [6.45, 7) is 5.50. The van der Waals surface area contributed by atoms with Gasteiger partial charge in [-0.15, -0.1) is 11.3 Å². The van der Waals surface area contributed by atoms with Gasteiger partial charge in [0.2, 0.25) is 0 Å². The van der Waals surface area contributed by atoms with E-state index in [1.165, 1.54) is 22.3 Å². The Morgan fingerprint density at radius 3 is 2.97 bits per heavy atom. The zero-order valence-electron chi connectivity index (χ0n) is 17.8. The second-order valence-corrected chi connectivity index (χ2v) is 9.79. The Hall–Kier alpha value is -2.35. The number of nitrogens with zero attached hydrogens (tertiary/aromatic N) is 3. The average Bonchev–Trinajstić information content (AvgIpc) is 3.40. The summed E-state index contributed by atoms with van der Waals surface area (Å²) in [5.41, 5.74) is 2.86. The molecule has 7 heteroatoms. The highest BCUT2D eigenvalue weighted by Crippen LogP contribution is 2.39. The molecule has 2 aliphatic heterocycles. The number of nitrogens with one attached hydrogen (secondary N) is 1. The Kier molecular flexibility index (Phi) is 5.73. The lowest BCUT2D eigenvalue weighted by Crippen LogP contribution is -2.44. The second-order valence-electron chi connectivity index (χ2n) is 8.73. The fraction of sp³-hybridized carbons (Fsp3) is 0.458. The highest BCUT2D eigenvalue weighted by Gasteiger charge is 2.42. The van der Waals surface area contributed by atoms with E-state index in [2.05, 4.69) is 44.5 Å². The largest absolute Gasteiger partial charge is 0.370 e. The molecule has 2 fully saturated rings. The minimum absolute atomic E-state index is 0.0198. The molecule has 6 nitrogen and oxygen atoms in total. The van der Waals surface area contributed by atoms with Gasteiger partial charge in [-0.05, 0) is 50.3 Å². The first-order chi connectivity index (χ1) is 15.1. The number of pyridine rings is 1. The molecule has 0 saturated carbocycles. The van der Waals surface area contributed by atoms with Crippen LogP contribution in [0.2, 0.25) is 0 Å². The number of carbonyl (C=O) groups is 1. The van der Waals surface area contributed by atoms with Gasteiger partial charge in [0.25, 0.3) is 5.91 Å². The van der Waals surface area contributed by atoms with E-state index < -0.39 is 0 Å². The second kappa shape index (κ2) is 8.65. The van der Waals surface area contributed by atoms with E-state index in [1.54, 1.807) is 0 Å². The Morgan fingerprint density at radius 1 is 1.29 bits per heavy atom. The molecule has 0 aliphatic carbocycles. The summed E-state index contributed by atoms with van der Waals surface area (Å²) >= 11 is 1.50. The monoisotopic (exact) mass is 436 g/mol. The van der Waals surface area contributed by atoms with Crippen LogP contribution in [0.25, 0.3) is 10.9 Å². The van der Waals surface area contributed by atoms with Crippen molar-refractivity contribution < 1.29 is 9.53 Å². The van der Waals surface area contributed by atoms with Crippen LogP contribution in [0.5, 0.6) is 0 Å². The van der Waals surface area contributed by atoms with Crippen LogP contribution in [0.15, 0.2) is 41.9 Å². The normalized spacial score (nSPS) is 21.0. The third-order valence-electron chi connectivity index (χ3n) is 6.52. The van der Waals surface area contributed by atoms with Gasteiger partial charge < -0.3 is 10.1 Å². The summed E-state index contributed by atoms with van der Waals surface area (Å²) in [6, 6.07) is 10.7. The Bertz CT molecular complexity index is 1070. The van der Waals surface area contributed by atoms with Crippen molar-refractivity contribution in [1.82, 2.24) is 20.2 Å². The number of piperidine rings is 1. The first-order valence-electron chi connectivity index (χ1n) is 11.0. The lowest BCUT2D eigenvalue weighted by atomic mass is 9.88. The third kappa shape index (κ3) is 4.63. The first kappa shape index (κ1) is 20.5. The predicted molar refractivity (Wildman–Crippen MR) is 122 cm³/mol. The topological polar surface area (TPSA) is 67.4 Å². The van der Waals surface area contributed by atoms with Crippen molar-refractivity contribution in [3.05, 3.63) is 58.2 Å². The number of thiazole rings is 1. The van der Waals surface area contributed by atoms with E-state index in [9.17, 15) is 4.79 Å². The standard InChI is InChI=1S/C24H28N4O2S/c1-17-27-22(16-31-17)23(29)26-14-20-6-7-24(30-20)8-11-28(12-9-24)15-18-4-5-19-3-2-10-25-21(19)13-18/h2-5,10,13,16,20H,6-9,11-12,14-15H2,1H3,(H,26,29). The van der Waals surface area contributed by atoms with Crippen molar-refractivity contribution in [3.8, 4) is 0 Å². The molecular formula is C24H28N4O2S. The minimum atomic E-state index is -0.103. The summed E-state index contributed by atoms with van der Waals surface area (Å²) in [6.07, 6.45) is 6.14. The highest BCUT2D eigenvalue weighted by molar-refractivity contribution is 7.09. The van der Waals surface area contributed by atoms with Crippen molar-refractivity contribution in [3.63, 3.8) is 0 Å². The number of amides is 1. The number of aromatic nitrogens is 2. The lowest BCUT2D eigenvalue weighted by Gasteiger charge is -2.39. The number of hydrogen-bond donors (Lipinski definition) is 1. The number of hydrogen-bond acceptors (Lipinski definition) is 6. The Balaban J connectivity index is 1.11. The molecule has 0 radical (unpaired) electrons. The van der Waals surface area contributed by atoms with Crippen LogP contribution in [0.4, 0.5) is 0 Å². The van der Waals surface area contributed by atoms with Crippen LogP contribution in [-0.4, -0.2) is 52.1 Å². The molecule has 2 aliphatic rings. The summed E-state index contributed by atoms with van der Waals surface area (Å²) in [4.78, 5) is 23.5. The van der Waals surface area contributed by atoms with Crippen LogP contribution >= 0.6 is 11.3 Å². The molecule has 5 rings (SSSR count). The Morgan fingerprint density at radius 2 is 2.16 bits per heavy atom. The molecule has 1 unspecified atom stereocenters. The molecule has 4 heterocycles. The zero-order valence-corrected chi connectivity index (χ0v) is 18.7. The van der Waals surface area contributed by atoms with Crippen LogP contribution in [0.3, 0.4) is 0 Å². The molecule has 1 N–H and O–H groups in total. The van der Waals surface area contributed by atoms with E-state index >= 15 is 0 Å². The zero-order chi connectivity index (χ0) is 21.3. The van der Waals surface area contributed by atoms with E-state index in [0.717, 1.165) is 55.8 Å². The number of fused-ring (bicyclic) bond motifs is 1. The van der Waals surface area contributed by atoms with Crippen LogP contribution < -0.4 is 5.32 Å². The van der Waals surface area contributed by atoms with Gasteiger partial charge in [-0.2, -0.15) is 0 Å². The number of aryl methyl sites for hydroxylation is 1. The average molecular weight is 437 g/mol. The number of benzene rings is 1. The molecule has 162 valence electrons. The molecule has 2 saturated heterocycles. The van der Waals surface area contributed by atoms with E-state index in [4.69, 9.17) is 4.74 Å². The van der Waals surface area contributed by atoms with Crippen molar-refractivity contribution in [2.45, 2.75) is 50.9 Å². The summed E-state index contributed by atoms with van der Waals surface area (Å²) < 4.78 is 6.47. The maximum atomic E-state index is 12.2.